The van der Waals surface area contributed by atoms with Crippen molar-refractivity contribution in [1.29, 1.82) is 0 Å². The normalized spacial score (nSPS) is 11.7. The van der Waals surface area contributed by atoms with E-state index in [0.717, 1.165) is 22.3 Å². The summed E-state index contributed by atoms with van der Waals surface area (Å²) in [6.45, 7) is 23.1. The molecule has 3 aromatic carbocycles. The second-order valence-corrected chi connectivity index (χ2v) is 13.8. The highest BCUT2D eigenvalue weighted by atomic mass is 16.6. The number of rotatable bonds is 17. The molecular weight excluding hydrogens is 718 g/mol. The molecule has 0 bridgehead atoms. The fourth-order valence-electron chi connectivity index (χ4n) is 5.13. The van der Waals surface area contributed by atoms with Gasteiger partial charge in [-0.2, -0.15) is 4.98 Å². The van der Waals surface area contributed by atoms with Crippen LogP contribution in [-0.2, 0) is 20.9 Å². The van der Waals surface area contributed by atoms with Crippen LogP contribution in [0.3, 0.4) is 0 Å². The Kier molecular flexibility index (Phi) is 17.7. The summed E-state index contributed by atoms with van der Waals surface area (Å²) in [5.41, 5.74) is 3.72. The van der Waals surface area contributed by atoms with E-state index in [0.29, 0.717) is 42.3 Å². The molecular formula is C42H53N5O9. The minimum atomic E-state index is -1.11. The number of carboxylic acid groups (broad SMARTS) is 1. The molecule has 1 heterocycles. The first-order valence-electron chi connectivity index (χ1n) is 18.5. The quantitative estimate of drug-likeness (QED) is 0.102. The number of hydrogen-bond donors (Lipinski definition) is 1. The number of carbonyl (C=O) groups excluding carboxylic acids is 2. The predicted molar refractivity (Wildman–Crippen MR) is 210 cm³/mol. The van der Waals surface area contributed by atoms with E-state index in [2.05, 4.69) is 15.0 Å². The molecule has 14 nitrogen and oxygen atoms in total. The van der Waals surface area contributed by atoms with E-state index in [1.807, 2.05) is 97.0 Å². The van der Waals surface area contributed by atoms with Crippen LogP contribution in [0.4, 0.5) is 9.59 Å². The van der Waals surface area contributed by atoms with Crippen molar-refractivity contribution >= 4 is 18.2 Å². The zero-order chi connectivity index (χ0) is 41.2. The van der Waals surface area contributed by atoms with Crippen LogP contribution in [-0.4, -0.2) is 76.2 Å². The number of carboxylic acids is 1. The Morgan fingerprint density at radius 1 is 0.768 bits per heavy atom. The van der Waals surface area contributed by atoms with Crippen LogP contribution in [0.25, 0.3) is 16.3 Å². The van der Waals surface area contributed by atoms with Crippen molar-refractivity contribution in [3.8, 4) is 23.0 Å². The number of amides is 2. The lowest BCUT2D eigenvalue weighted by Crippen LogP contribution is -2.38. The zero-order valence-electron chi connectivity index (χ0n) is 33.4. The third-order valence-corrected chi connectivity index (χ3v) is 8.29. The molecule has 0 saturated carbocycles. The fourth-order valence-corrected chi connectivity index (χ4v) is 5.13. The Morgan fingerprint density at radius 3 is 1.75 bits per heavy atom. The number of hydrogen-bond acceptors (Lipinski definition) is 10. The SMILES string of the molecule is Cc1ccc(-c2nc(COc3ccc([C@H](C)N(CC(=O)O)C(=O)OCC(C)C)cc3)no2)cc1.[C-]#[N+]COc1ccc([C@H](C)N(CC)C(=O)OCC(C)C)cc1. The van der Waals surface area contributed by atoms with E-state index in [9.17, 15) is 19.5 Å². The van der Waals surface area contributed by atoms with Crippen LogP contribution in [0, 0.1) is 25.3 Å². The first kappa shape index (κ1) is 44.3. The summed E-state index contributed by atoms with van der Waals surface area (Å²) in [6, 6.07) is 21.7. The fraction of sp³-hybridized carbons (Fsp3) is 0.429. The summed E-state index contributed by atoms with van der Waals surface area (Å²) in [4.78, 5) is 46.2. The van der Waals surface area contributed by atoms with E-state index < -0.39 is 24.6 Å². The molecule has 0 aliphatic carbocycles. The molecule has 0 saturated heterocycles. The lowest BCUT2D eigenvalue weighted by atomic mass is 10.1. The minimum absolute atomic E-state index is 0.0114. The largest absolute Gasteiger partial charge is 0.485 e. The van der Waals surface area contributed by atoms with E-state index in [1.165, 1.54) is 4.90 Å². The number of aliphatic carboxylic acids is 1. The van der Waals surface area contributed by atoms with E-state index in [4.69, 9.17) is 30.0 Å². The van der Waals surface area contributed by atoms with Gasteiger partial charge in [-0.15, -0.1) is 0 Å². The van der Waals surface area contributed by atoms with Gasteiger partial charge in [-0.25, -0.2) is 16.2 Å². The molecule has 0 spiro atoms. The van der Waals surface area contributed by atoms with Crippen molar-refractivity contribution in [2.24, 2.45) is 11.8 Å². The van der Waals surface area contributed by atoms with Gasteiger partial charge < -0.3 is 33.5 Å². The summed E-state index contributed by atoms with van der Waals surface area (Å²) in [7, 11) is 0. The maximum atomic E-state index is 12.4. The molecule has 0 fully saturated rings. The smallest absolute Gasteiger partial charge is 0.410 e. The molecule has 4 aromatic rings. The van der Waals surface area contributed by atoms with E-state index in [1.54, 1.807) is 36.1 Å². The molecule has 1 aromatic heterocycles. The highest BCUT2D eigenvalue weighted by Crippen LogP contribution is 2.26. The number of ether oxygens (including phenoxy) is 4. The molecule has 0 aliphatic heterocycles. The lowest BCUT2D eigenvalue weighted by molar-refractivity contribution is -0.138. The van der Waals surface area contributed by atoms with Gasteiger partial charge in [-0.05, 0) is 87.1 Å². The van der Waals surface area contributed by atoms with Gasteiger partial charge in [-0.3, -0.25) is 14.5 Å². The monoisotopic (exact) mass is 771 g/mol. The van der Waals surface area contributed by atoms with Crippen LogP contribution in [0.2, 0.25) is 0 Å². The topological polar surface area (TPSA) is 158 Å². The standard InChI is InChI=1S/C25H29N3O6.C17H24N2O3/c1-16(2)14-33-25(31)28(13-23(29)30)18(4)19-9-11-21(12-10-19)32-15-22-26-24(34-27-22)20-7-5-17(3)6-8-20;1-6-19(17(20)21-11-13(2)3)14(4)15-7-9-16(10-8-15)22-12-18-5/h5-12,16,18H,13-15H2,1-4H3,(H,29,30);7-10,13-14H,6,11-12H2,1-4H3/t18-;14-/m00/s1. The third-order valence-electron chi connectivity index (χ3n) is 8.29. The second-order valence-electron chi connectivity index (χ2n) is 13.8. The second kappa shape index (κ2) is 22.3. The summed E-state index contributed by atoms with van der Waals surface area (Å²) < 4.78 is 26.8. The molecule has 0 aliphatic rings. The number of nitrogens with zero attached hydrogens (tertiary/aromatic N) is 5. The van der Waals surface area contributed by atoms with Gasteiger partial charge in [0.15, 0.2) is 6.61 Å². The average Bonchev–Trinajstić information content (AvgIpc) is 3.66. The van der Waals surface area contributed by atoms with Gasteiger partial charge in [0.25, 0.3) is 5.89 Å². The maximum absolute atomic E-state index is 12.4. The van der Waals surface area contributed by atoms with Crippen LogP contribution < -0.4 is 9.47 Å². The Bertz CT molecular complexity index is 1850. The van der Waals surface area contributed by atoms with Gasteiger partial charge >= 0.3 is 24.9 Å². The van der Waals surface area contributed by atoms with Crippen molar-refractivity contribution in [1.82, 2.24) is 19.9 Å². The van der Waals surface area contributed by atoms with Gasteiger partial charge in [0.1, 0.15) is 18.0 Å². The third kappa shape index (κ3) is 14.3. The predicted octanol–water partition coefficient (Wildman–Crippen LogP) is 8.98. The average molecular weight is 772 g/mol. The Hall–Kier alpha value is -6.10. The van der Waals surface area contributed by atoms with Crippen LogP contribution in [0.1, 0.15) is 83.1 Å². The molecule has 4 rings (SSSR count). The Balaban J connectivity index is 0.000000331. The summed E-state index contributed by atoms with van der Waals surface area (Å²) in [5.74, 6) is 1.41. The Morgan fingerprint density at radius 2 is 1.27 bits per heavy atom. The van der Waals surface area contributed by atoms with Crippen LogP contribution in [0.15, 0.2) is 77.3 Å². The number of aromatic nitrogens is 2. The molecule has 14 heteroatoms. The summed E-state index contributed by atoms with van der Waals surface area (Å²) in [5, 5.41) is 13.2. The van der Waals surface area contributed by atoms with Crippen LogP contribution >= 0.6 is 0 Å². The van der Waals surface area contributed by atoms with Gasteiger partial charge in [-0.1, -0.05) is 74.8 Å². The van der Waals surface area contributed by atoms with E-state index >= 15 is 0 Å². The molecule has 0 unspecified atom stereocenters. The van der Waals surface area contributed by atoms with Gasteiger partial charge in [0.05, 0.1) is 25.3 Å². The van der Waals surface area contributed by atoms with Crippen molar-refractivity contribution in [3.63, 3.8) is 0 Å². The van der Waals surface area contributed by atoms with Crippen LogP contribution in [0.5, 0.6) is 11.5 Å². The van der Waals surface area contributed by atoms with E-state index in [-0.39, 0.29) is 38.0 Å². The highest BCUT2D eigenvalue weighted by molar-refractivity contribution is 5.77. The molecule has 300 valence electrons. The molecule has 2 atom stereocenters. The molecule has 2 amide bonds. The number of aryl methyl sites for hydroxylation is 1. The van der Waals surface area contributed by atoms with Crippen molar-refractivity contribution < 1.29 is 43.0 Å². The number of carbonyl (C=O) groups is 3. The summed E-state index contributed by atoms with van der Waals surface area (Å²) >= 11 is 0. The Labute approximate surface area is 329 Å². The van der Waals surface area contributed by atoms with Crippen molar-refractivity contribution in [2.45, 2.75) is 74.1 Å². The highest BCUT2D eigenvalue weighted by Gasteiger charge is 2.26. The van der Waals surface area contributed by atoms with Gasteiger partial charge in [0.2, 0.25) is 5.82 Å². The molecule has 56 heavy (non-hydrogen) atoms. The number of benzene rings is 3. The van der Waals surface area contributed by atoms with Crippen molar-refractivity contribution in [2.75, 3.05) is 33.0 Å². The minimum Gasteiger partial charge on any atom is -0.485 e. The lowest BCUT2D eigenvalue weighted by Gasteiger charge is -2.28. The maximum Gasteiger partial charge on any atom is 0.410 e. The van der Waals surface area contributed by atoms with Gasteiger partial charge in [0, 0.05) is 12.1 Å². The molecule has 0 radical (unpaired) electrons. The molecule has 1 N–H and O–H groups in total. The first-order valence-corrected chi connectivity index (χ1v) is 18.5. The van der Waals surface area contributed by atoms with Crippen molar-refractivity contribution in [3.05, 3.63) is 107 Å². The first-order chi connectivity index (χ1) is 26.7. The summed E-state index contributed by atoms with van der Waals surface area (Å²) in [6.07, 6.45) is -0.956. The zero-order valence-corrected chi connectivity index (χ0v) is 33.4.